The Morgan fingerprint density at radius 2 is 1.41 bits per heavy atom. The molecule has 0 radical (unpaired) electrons. The molecule has 0 aromatic carbocycles. The van der Waals surface area contributed by atoms with Crippen LogP contribution in [0.1, 0.15) is 124 Å². The topological polar surface area (TPSA) is 63.6 Å². The second-order valence-corrected chi connectivity index (χ2v) is 9.77. The Morgan fingerprint density at radius 3 is 1.81 bits per heavy atom. The van der Waals surface area contributed by atoms with Crippen LogP contribution in [0, 0.1) is 11.8 Å². The highest BCUT2D eigenvalue weighted by molar-refractivity contribution is 5.87. The first-order valence-corrected chi connectivity index (χ1v) is 13.1. The van der Waals surface area contributed by atoms with E-state index in [1.807, 2.05) is 6.92 Å². The van der Waals surface area contributed by atoms with Crippen molar-refractivity contribution in [3.8, 4) is 0 Å². The van der Waals surface area contributed by atoms with Gasteiger partial charge >= 0.3 is 11.9 Å². The van der Waals surface area contributed by atoms with Crippen LogP contribution in [0.5, 0.6) is 0 Å². The molecule has 1 unspecified atom stereocenters. The summed E-state index contributed by atoms with van der Waals surface area (Å²) in [6.45, 7) is 11.4. The van der Waals surface area contributed by atoms with Crippen molar-refractivity contribution in [1.29, 1.82) is 0 Å². The van der Waals surface area contributed by atoms with Crippen molar-refractivity contribution in [3.05, 3.63) is 23.3 Å². The fourth-order valence-corrected chi connectivity index (χ4v) is 5.12. The number of hydrogen-bond donors (Lipinski definition) is 1. The van der Waals surface area contributed by atoms with Gasteiger partial charge in [0.2, 0.25) is 0 Å². The minimum Gasteiger partial charge on any atom is -0.478 e. The normalized spacial score (nSPS) is 17.4. The summed E-state index contributed by atoms with van der Waals surface area (Å²) in [7, 11) is 0. The summed E-state index contributed by atoms with van der Waals surface area (Å²) < 4.78 is 5.33. The molecule has 0 amide bonds. The van der Waals surface area contributed by atoms with Gasteiger partial charge in [0.05, 0.1) is 0 Å². The van der Waals surface area contributed by atoms with Crippen LogP contribution in [-0.4, -0.2) is 23.1 Å². The number of allylic oxidation sites excluding steroid dienone is 1. The molecule has 2 fully saturated rings. The summed E-state index contributed by atoms with van der Waals surface area (Å²) in [5.41, 5.74) is 2.45. The fourth-order valence-electron chi connectivity index (χ4n) is 5.12. The molecule has 0 saturated heterocycles. The van der Waals surface area contributed by atoms with E-state index in [2.05, 4.69) is 20.4 Å². The van der Waals surface area contributed by atoms with Gasteiger partial charge in [-0.25, -0.2) is 9.59 Å². The van der Waals surface area contributed by atoms with E-state index in [1.54, 1.807) is 6.92 Å². The molecule has 4 heteroatoms. The van der Waals surface area contributed by atoms with E-state index in [4.69, 9.17) is 4.74 Å². The molecule has 0 aromatic heterocycles. The Labute approximate surface area is 196 Å². The van der Waals surface area contributed by atoms with E-state index in [1.165, 1.54) is 82.6 Å². The monoisotopic (exact) mass is 448 g/mol. The number of carboxylic acids is 1. The largest absolute Gasteiger partial charge is 0.478 e. The molecule has 0 aromatic rings. The smallest absolute Gasteiger partial charge is 0.333 e. The van der Waals surface area contributed by atoms with Gasteiger partial charge in [0.15, 0.2) is 0 Å². The van der Waals surface area contributed by atoms with Gasteiger partial charge < -0.3 is 9.84 Å². The van der Waals surface area contributed by atoms with E-state index in [9.17, 15) is 14.7 Å². The molecule has 1 N–H and O–H groups in total. The number of hydrogen-bond acceptors (Lipinski definition) is 3. The number of esters is 1. The third kappa shape index (κ3) is 10.4. The van der Waals surface area contributed by atoms with Crippen LogP contribution in [-0.2, 0) is 14.3 Å². The standard InChI is InChI=1S/C14H22O2.C14H26O2/c1-10(14(15)16)13(11-6-2-3-7-11)12-8-4-5-9-12;1-5-7-8-9-10-11-13(6-2)16-14(15)12(3)4/h11-12H,2-9H2,1H3,(H,15,16);13H,3,5-11H2,1-2,4H3. The molecule has 1 atom stereocenters. The zero-order chi connectivity index (χ0) is 23.9. The Bertz CT molecular complexity index is 589. The molecule has 4 nitrogen and oxygen atoms in total. The maximum Gasteiger partial charge on any atom is 0.333 e. The van der Waals surface area contributed by atoms with Crippen LogP contribution >= 0.6 is 0 Å². The van der Waals surface area contributed by atoms with Crippen LogP contribution in [0.2, 0.25) is 0 Å². The SMILES string of the molecule is C=C(C)C(=O)OC(CC)CCCCCCC.CC(C(=O)O)=C(C1CCCC1)C1CCCC1. The maximum absolute atomic E-state index is 11.3. The first-order valence-electron chi connectivity index (χ1n) is 13.1. The van der Waals surface area contributed by atoms with Crippen molar-refractivity contribution in [2.45, 2.75) is 130 Å². The lowest BCUT2D eigenvalue weighted by Crippen LogP contribution is -2.17. The van der Waals surface area contributed by atoms with Gasteiger partial charge in [0.25, 0.3) is 0 Å². The number of ether oxygens (including phenoxy) is 1. The maximum atomic E-state index is 11.3. The lowest BCUT2D eigenvalue weighted by atomic mass is 9.82. The Hall–Kier alpha value is -1.58. The predicted molar refractivity (Wildman–Crippen MR) is 133 cm³/mol. The second-order valence-electron chi connectivity index (χ2n) is 9.77. The van der Waals surface area contributed by atoms with Gasteiger partial charge in [-0.1, -0.05) is 77.4 Å². The summed E-state index contributed by atoms with van der Waals surface area (Å²) in [5, 5.41) is 9.22. The van der Waals surface area contributed by atoms with E-state index in [0.29, 0.717) is 23.0 Å². The number of aliphatic carboxylic acids is 1. The molecule has 0 spiro atoms. The fraction of sp³-hybridized carbons (Fsp3) is 0.786. The predicted octanol–water partition coefficient (Wildman–Crippen LogP) is 8.01. The van der Waals surface area contributed by atoms with E-state index in [0.717, 1.165) is 19.3 Å². The molecule has 0 heterocycles. The molecule has 32 heavy (non-hydrogen) atoms. The first-order chi connectivity index (χ1) is 15.3. The average molecular weight is 449 g/mol. The zero-order valence-corrected chi connectivity index (χ0v) is 21.2. The van der Waals surface area contributed by atoms with Crippen molar-refractivity contribution in [3.63, 3.8) is 0 Å². The summed E-state index contributed by atoms with van der Waals surface area (Å²) in [6.07, 6.45) is 18.2. The molecule has 184 valence electrons. The number of carboxylic acid groups (broad SMARTS) is 1. The molecule has 2 rings (SSSR count). The Morgan fingerprint density at radius 1 is 0.906 bits per heavy atom. The van der Waals surface area contributed by atoms with Crippen molar-refractivity contribution in [2.24, 2.45) is 11.8 Å². The Balaban J connectivity index is 0.000000320. The first kappa shape index (κ1) is 28.5. The minimum absolute atomic E-state index is 0.0748. The average Bonchev–Trinajstić information content (AvgIpc) is 3.48. The number of unbranched alkanes of at least 4 members (excludes halogenated alkanes) is 4. The highest BCUT2D eigenvalue weighted by Gasteiger charge is 2.30. The minimum atomic E-state index is -0.700. The van der Waals surface area contributed by atoms with Gasteiger partial charge in [-0.2, -0.15) is 0 Å². The quantitative estimate of drug-likeness (QED) is 0.186. The molecule has 0 bridgehead atoms. The molecule has 2 saturated carbocycles. The summed E-state index contributed by atoms with van der Waals surface area (Å²) in [4.78, 5) is 22.5. The van der Waals surface area contributed by atoms with Gasteiger partial charge in [0, 0.05) is 11.1 Å². The molecule has 2 aliphatic rings. The molecular formula is C28H48O4. The highest BCUT2D eigenvalue weighted by Crippen LogP contribution is 2.42. The van der Waals surface area contributed by atoms with Crippen molar-refractivity contribution in [2.75, 3.05) is 0 Å². The van der Waals surface area contributed by atoms with E-state index >= 15 is 0 Å². The van der Waals surface area contributed by atoms with Gasteiger partial charge in [0.1, 0.15) is 6.10 Å². The highest BCUT2D eigenvalue weighted by atomic mass is 16.5. The van der Waals surface area contributed by atoms with Crippen molar-refractivity contribution >= 4 is 11.9 Å². The lowest BCUT2D eigenvalue weighted by Gasteiger charge is -2.22. The molecule has 2 aliphatic carbocycles. The Kier molecular flexibility index (Phi) is 14.3. The number of carbonyl (C=O) groups excluding carboxylic acids is 1. The van der Waals surface area contributed by atoms with Crippen molar-refractivity contribution in [1.82, 2.24) is 0 Å². The van der Waals surface area contributed by atoms with Crippen LogP contribution in [0.25, 0.3) is 0 Å². The summed E-state index contributed by atoms with van der Waals surface area (Å²) in [6, 6.07) is 0. The van der Waals surface area contributed by atoms with Crippen LogP contribution in [0.4, 0.5) is 0 Å². The number of rotatable bonds is 12. The van der Waals surface area contributed by atoms with E-state index in [-0.39, 0.29) is 12.1 Å². The third-order valence-corrected chi connectivity index (χ3v) is 7.05. The van der Waals surface area contributed by atoms with Crippen molar-refractivity contribution < 1.29 is 19.4 Å². The van der Waals surface area contributed by atoms with E-state index < -0.39 is 5.97 Å². The summed E-state index contributed by atoms with van der Waals surface area (Å²) >= 11 is 0. The van der Waals surface area contributed by atoms with Crippen LogP contribution in [0.15, 0.2) is 23.3 Å². The van der Waals surface area contributed by atoms with Gasteiger partial charge in [-0.05, 0) is 70.6 Å². The van der Waals surface area contributed by atoms with Crippen LogP contribution < -0.4 is 0 Å². The third-order valence-electron chi connectivity index (χ3n) is 7.05. The van der Waals surface area contributed by atoms with Gasteiger partial charge in [-0.15, -0.1) is 0 Å². The second kappa shape index (κ2) is 16.1. The number of carbonyl (C=O) groups is 2. The summed E-state index contributed by atoms with van der Waals surface area (Å²) in [5.74, 6) is 0.215. The van der Waals surface area contributed by atoms with Crippen LogP contribution in [0.3, 0.4) is 0 Å². The zero-order valence-electron chi connectivity index (χ0n) is 21.2. The molecular weight excluding hydrogens is 400 g/mol. The van der Waals surface area contributed by atoms with Gasteiger partial charge in [-0.3, -0.25) is 0 Å². The lowest BCUT2D eigenvalue weighted by molar-refractivity contribution is -0.144. The molecule has 0 aliphatic heterocycles.